The third-order valence-electron chi connectivity index (χ3n) is 4.15. The number of ketones is 1. The Hall–Kier alpha value is -1.35. The monoisotopic (exact) mass is 232 g/mol. The van der Waals surface area contributed by atoms with Gasteiger partial charge >= 0.3 is 0 Å². The molecule has 0 bridgehead atoms. The minimum Gasteiger partial charge on any atom is -0.496 e. The second-order valence-corrected chi connectivity index (χ2v) is 4.98. The molecule has 90 valence electrons. The van der Waals surface area contributed by atoms with Gasteiger partial charge in [-0.05, 0) is 24.5 Å². The largest absolute Gasteiger partial charge is 0.496 e. The van der Waals surface area contributed by atoms with Crippen LogP contribution in [-0.4, -0.2) is 23.6 Å². The number of methoxy groups -OCH3 is 1. The fourth-order valence-corrected chi connectivity index (χ4v) is 3.31. The van der Waals surface area contributed by atoms with E-state index in [0.29, 0.717) is 17.7 Å². The number of Topliss-reactive ketones (excluding diaryl/α,β-unsaturated/α-hetero) is 1. The summed E-state index contributed by atoms with van der Waals surface area (Å²) >= 11 is 0. The summed E-state index contributed by atoms with van der Waals surface area (Å²) in [6.07, 6.45) is 3.47. The van der Waals surface area contributed by atoms with Gasteiger partial charge in [0.1, 0.15) is 11.4 Å². The van der Waals surface area contributed by atoms with Crippen molar-refractivity contribution in [1.82, 2.24) is 0 Å². The lowest BCUT2D eigenvalue weighted by Crippen LogP contribution is -2.41. The van der Waals surface area contributed by atoms with Crippen LogP contribution in [0.3, 0.4) is 0 Å². The Labute approximate surface area is 100 Å². The van der Waals surface area contributed by atoms with Gasteiger partial charge in [0.2, 0.25) is 0 Å². The zero-order valence-electron chi connectivity index (χ0n) is 9.90. The highest BCUT2D eigenvalue weighted by atomic mass is 16.5. The van der Waals surface area contributed by atoms with Gasteiger partial charge in [-0.15, -0.1) is 0 Å². The molecule has 3 heteroatoms. The molecule has 3 nitrogen and oxygen atoms in total. The Bertz CT molecular complexity index is 480. The molecule has 0 amide bonds. The SMILES string of the molecule is COc1cccc2c1C(=O)[C@]1(O)CCCC[C@@H]21. The predicted molar refractivity (Wildman–Crippen MR) is 63.5 cm³/mol. The van der Waals surface area contributed by atoms with Crippen molar-refractivity contribution in [3.05, 3.63) is 29.3 Å². The molecule has 0 heterocycles. The van der Waals surface area contributed by atoms with Gasteiger partial charge in [0.25, 0.3) is 0 Å². The van der Waals surface area contributed by atoms with Crippen molar-refractivity contribution in [2.75, 3.05) is 7.11 Å². The molecule has 2 atom stereocenters. The molecule has 2 aliphatic rings. The summed E-state index contributed by atoms with van der Waals surface area (Å²) in [5, 5.41) is 10.6. The molecule has 0 spiro atoms. The number of benzene rings is 1. The topological polar surface area (TPSA) is 46.5 Å². The standard InChI is InChI=1S/C14H16O3/c1-17-11-7-4-5-9-10-6-2-3-8-14(10,16)13(15)12(9)11/h4-5,7,10,16H,2-3,6,8H2,1H3/t10-,14-/m0/s1. The highest BCUT2D eigenvalue weighted by molar-refractivity contribution is 6.09. The minimum atomic E-state index is -1.17. The Kier molecular flexibility index (Phi) is 2.26. The summed E-state index contributed by atoms with van der Waals surface area (Å²) < 4.78 is 5.25. The average molecular weight is 232 g/mol. The second kappa shape index (κ2) is 3.57. The van der Waals surface area contributed by atoms with Crippen LogP contribution in [0.15, 0.2) is 18.2 Å². The Morgan fingerprint density at radius 1 is 1.41 bits per heavy atom. The van der Waals surface area contributed by atoms with Crippen LogP contribution in [0.25, 0.3) is 0 Å². The van der Waals surface area contributed by atoms with Crippen molar-refractivity contribution in [3.63, 3.8) is 0 Å². The Balaban J connectivity index is 2.19. The van der Waals surface area contributed by atoms with E-state index in [-0.39, 0.29) is 11.7 Å². The quantitative estimate of drug-likeness (QED) is 0.808. The Morgan fingerprint density at radius 2 is 2.24 bits per heavy atom. The second-order valence-electron chi connectivity index (χ2n) is 4.98. The average Bonchev–Trinajstić information content (AvgIpc) is 2.59. The lowest BCUT2D eigenvalue weighted by Gasteiger charge is -2.33. The van der Waals surface area contributed by atoms with E-state index in [1.807, 2.05) is 12.1 Å². The molecule has 0 aliphatic heterocycles. The highest BCUT2D eigenvalue weighted by Gasteiger charge is 2.53. The molecule has 1 saturated carbocycles. The van der Waals surface area contributed by atoms with E-state index < -0.39 is 5.60 Å². The summed E-state index contributed by atoms with van der Waals surface area (Å²) in [6, 6.07) is 5.63. The fraction of sp³-hybridized carbons (Fsp3) is 0.500. The first-order chi connectivity index (χ1) is 8.18. The maximum absolute atomic E-state index is 12.4. The van der Waals surface area contributed by atoms with E-state index in [1.54, 1.807) is 13.2 Å². The van der Waals surface area contributed by atoms with Gasteiger partial charge < -0.3 is 9.84 Å². The summed E-state index contributed by atoms with van der Waals surface area (Å²) in [7, 11) is 1.56. The smallest absolute Gasteiger partial charge is 0.198 e. The van der Waals surface area contributed by atoms with Crippen LogP contribution in [0.2, 0.25) is 0 Å². The fourth-order valence-electron chi connectivity index (χ4n) is 3.31. The Morgan fingerprint density at radius 3 is 3.00 bits per heavy atom. The van der Waals surface area contributed by atoms with Gasteiger partial charge in [-0.3, -0.25) is 4.79 Å². The van der Waals surface area contributed by atoms with Crippen LogP contribution in [0, 0.1) is 0 Å². The number of carbonyl (C=O) groups excluding carboxylic acids is 1. The third-order valence-corrected chi connectivity index (χ3v) is 4.15. The van der Waals surface area contributed by atoms with Crippen molar-refractivity contribution in [2.45, 2.75) is 37.2 Å². The number of ether oxygens (including phenoxy) is 1. The van der Waals surface area contributed by atoms with Gasteiger partial charge in [-0.2, -0.15) is 0 Å². The van der Waals surface area contributed by atoms with Crippen LogP contribution in [0.5, 0.6) is 5.75 Å². The molecule has 1 N–H and O–H groups in total. The molecular formula is C14H16O3. The van der Waals surface area contributed by atoms with Crippen molar-refractivity contribution >= 4 is 5.78 Å². The van der Waals surface area contributed by atoms with E-state index in [0.717, 1.165) is 24.8 Å². The number of fused-ring (bicyclic) bond motifs is 3. The first-order valence-electron chi connectivity index (χ1n) is 6.12. The van der Waals surface area contributed by atoms with Crippen molar-refractivity contribution < 1.29 is 14.6 Å². The van der Waals surface area contributed by atoms with Crippen molar-refractivity contribution in [3.8, 4) is 5.75 Å². The maximum atomic E-state index is 12.4. The van der Waals surface area contributed by atoms with Crippen LogP contribution in [0.1, 0.15) is 47.5 Å². The van der Waals surface area contributed by atoms with Gasteiger partial charge in [0.05, 0.1) is 12.7 Å². The first kappa shape index (κ1) is 10.8. The van der Waals surface area contributed by atoms with E-state index in [9.17, 15) is 9.90 Å². The predicted octanol–water partition coefficient (Wildman–Crippen LogP) is 2.28. The summed E-state index contributed by atoms with van der Waals surface area (Å²) in [5.41, 5.74) is 0.399. The van der Waals surface area contributed by atoms with Gasteiger partial charge in [-0.25, -0.2) is 0 Å². The van der Waals surface area contributed by atoms with Crippen molar-refractivity contribution in [2.24, 2.45) is 0 Å². The molecule has 0 unspecified atom stereocenters. The lowest BCUT2D eigenvalue weighted by atomic mass is 9.75. The van der Waals surface area contributed by atoms with Crippen LogP contribution >= 0.6 is 0 Å². The molecule has 0 radical (unpaired) electrons. The molecule has 2 aliphatic carbocycles. The third kappa shape index (κ3) is 1.29. The number of carbonyl (C=O) groups is 1. The first-order valence-corrected chi connectivity index (χ1v) is 6.12. The molecule has 3 rings (SSSR count). The van der Waals surface area contributed by atoms with Gasteiger partial charge in [0, 0.05) is 5.92 Å². The van der Waals surface area contributed by atoms with Gasteiger partial charge in [0.15, 0.2) is 5.78 Å². The lowest BCUT2D eigenvalue weighted by molar-refractivity contribution is 0.00488. The summed E-state index contributed by atoms with van der Waals surface area (Å²) in [6.45, 7) is 0. The zero-order chi connectivity index (χ0) is 12.0. The number of rotatable bonds is 1. The molecule has 1 fully saturated rings. The van der Waals surface area contributed by atoms with Gasteiger partial charge in [-0.1, -0.05) is 25.0 Å². The van der Waals surface area contributed by atoms with E-state index in [1.165, 1.54) is 0 Å². The van der Waals surface area contributed by atoms with Crippen LogP contribution in [0.4, 0.5) is 0 Å². The zero-order valence-corrected chi connectivity index (χ0v) is 9.90. The van der Waals surface area contributed by atoms with Crippen LogP contribution < -0.4 is 4.74 Å². The van der Waals surface area contributed by atoms with Crippen molar-refractivity contribution in [1.29, 1.82) is 0 Å². The normalized spacial score (nSPS) is 30.9. The molecule has 17 heavy (non-hydrogen) atoms. The van der Waals surface area contributed by atoms with E-state index in [4.69, 9.17) is 4.74 Å². The number of hydrogen-bond donors (Lipinski definition) is 1. The summed E-state index contributed by atoms with van der Waals surface area (Å²) in [4.78, 5) is 12.4. The maximum Gasteiger partial charge on any atom is 0.198 e. The molecular weight excluding hydrogens is 216 g/mol. The van der Waals surface area contributed by atoms with E-state index in [2.05, 4.69) is 0 Å². The number of hydrogen-bond acceptors (Lipinski definition) is 3. The molecule has 0 aromatic heterocycles. The van der Waals surface area contributed by atoms with E-state index >= 15 is 0 Å². The number of aliphatic hydroxyl groups is 1. The highest BCUT2D eigenvalue weighted by Crippen LogP contribution is 2.51. The molecule has 0 saturated heterocycles. The van der Waals surface area contributed by atoms with Crippen LogP contribution in [-0.2, 0) is 0 Å². The molecule has 1 aromatic carbocycles. The summed E-state index contributed by atoms with van der Waals surface area (Å²) in [5.74, 6) is 0.416. The minimum absolute atomic E-state index is 0.0335. The molecule has 1 aromatic rings.